The van der Waals surface area contributed by atoms with Crippen LogP contribution in [-0.2, 0) is 0 Å². The summed E-state index contributed by atoms with van der Waals surface area (Å²) >= 11 is 0. The summed E-state index contributed by atoms with van der Waals surface area (Å²) in [5, 5.41) is 0. The average molecular weight is 290 g/mol. The van der Waals surface area contributed by atoms with Gasteiger partial charge in [-0.25, -0.2) is 0 Å². The molecule has 0 aliphatic carbocycles. The van der Waals surface area contributed by atoms with Crippen LogP contribution < -0.4 is 10.5 Å². The van der Waals surface area contributed by atoms with Crippen LogP contribution in [0.4, 0.5) is 0 Å². The molecule has 0 bridgehead atoms. The van der Waals surface area contributed by atoms with Crippen molar-refractivity contribution in [3.05, 3.63) is 29.8 Å². The molecule has 0 radical (unpaired) electrons. The van der Waals surface area contributed by atoms with Crippen LogP contribution in [-0.4, -0.2) is 30.1 Å². The third-order valence-electron chi connectivity index (χ3n) is 5.07. The van der Waals surface area contributed by atoms with Gasteiger partial charge in [-0.05, 0) is 63.4 Å². The molecule has 1 aromatic carbocycles. The summed E-state index contributed by atoms with van der Waals surface area (Å²) in [6.07, 6.45) is 4.77. The number of hydrogen-bond donors (Lipinski definition) is 1. The lowest BCUT2D eigenvalue weighted by Gasteiger charge is -2.45. The Bertz CT molecular complexity index is 437. The van der Waals surface area contributed by atoms with Crippen molar-refractivity contribution >= 4 is 0 Å². The molecule has 1 saturated heterocycles. The predicted octanol–water partition coefficient (Wildman–Crippen LogP) is 3.74. The first-order valence-electron chi connectivity index (χ1n) is 8.41. The number of ether oxygens (including phenoxy) is 1. The standard InChI is InChI=1S/C18H30N2O/c1-4-18(5-2,20-12-7-8-13-20)17(19)15-10-9-11-16(14-15)21-6-3/h9-11,14,17H,4-8,12-13,19H2,1-3H3. The van der Waals surface area contributed by atoms with E-state index < -0.39 is 0 Å². The second-order valence-electron chi connectivity index (χ2n) is 5.99. The number of benzene rings is 1. The van der Waals surface area contributed by atoms with E-state index in [1.165, 1.54) is 31.5 Å². The van der Waals surface area contributed by atoms with Gasteiger partial charge in [0.2, 0.25) is 0 Å². The Morgan fingerprint density at radius 1 is 1.19 bits per heavy atom. The van der Waals surface area contributed by atoms with E-state index in [0.29, 0.717) is 6.61 Å². The lowest BCUT2D eigenvalue weighted by atomic mass is 9.79. The Kier molecular flexibility index (Phi) is 5.65. The summed E-state index contributed by atoms with van der Waals surface area (Å²) in [5.41, 5.74) is 8.00. The van der Waals surface area contributed by atoms with Crippen molar-refractivity contribution < 1.29 is 4.74 Å². The van der Waals surface area contributed by atoms with Gasteiger partial charge < -0.3 is 10.5 Å². The summed E-state index contributed by atoms with van der Waals surface area (Å²) in [4.78, 5) is 2.62. The molecular weight excluding hydrogens is 260 g/mol. The maximum atomic E-state index is 6.74. The molecule has 1 fully saturated rings. The van der Waals surface area contributed by atoms with Crippen molar-refractivity contribution in [1.29, 1.82) is 0 Å². The maximum absolute atomic E-state index is 6.74. The van der Waals surface area contributed by atoms with Crippen LogP contribution in [0.25, 0.3) is 0 Å². The van der Waals surface area contributed by atoms with Crippen molar-refractivity contribution in [1.82, 2.24) is 4.90 Å². The van der Waals surface area contributed by atoms with Crippen LogP contribution in [0.1, 0.15) is 58.1 Å². The zero-order valence-corrected chi connectivity index (χ0v) is 13.8. The highest BCUT2D eigenvalue weighted by Gasteiger charge is 2.41. The maximum Gasteiger partial charge on any atom is 0.119 e. The zero-order chi connectivity index (χ0) is 15.3. The molecule has 1 atom stereocenters. The molecule has 3 heteroatoms. The summed E-state index contributed by atoms with van der Waals surface area (Å²) in [7, 11) is 0. The fraction of sp³-hybridized carbons (Fsp3) is 0.667. The van der Waals surface area contributed by atoms with E-state index in [9.17, 15) is 0 Å². The fourth-order valence-corrected chi connectivity index (χ4v) is 3.77. The van der Waals surface area contributed by atoms with Crippen LogP contribution in [0.5, 0.6) is 5.75 Å². The molecule has 118 valence electrons. The Morgan fingerprint density at radius 2 is 1.86 bits per heavy atom. The summed E-state index contributed by atoms with van der Waals surface area (Å²) in [5.74, 6) is 0.924. The molecule has 1 heterocycles. The third-order valence-corrected chi connectivity index (χ3v) is 5.07. The van der Waals surface area contributed by atoms with E-state index in [0.717, 1.165) is 18.6 Å². The SMILES string of the molecule is CCOc1cccc(C(N)C(CC)(CC)N2CCCC2)c1. The Hall–Kier alpha value is -1.06. The highest BCUT2D eigenvalue weighted by atomic mass is 16.5. The summed E-state index contributed by atoms with van der Waals surface area (Å²) in [6, 6.07) is 8.36. The predicted molar refractivity (Wildman–Crippen MR) is 88.7 cm³/mol. The fourth-order valence-electron chi connectivity index (χ4n) is 3.77. The van der Waals surface area contributed by atoms with E-state index in [1.807, 2.05) is 13.0 Å². The van der Waals surface area contributed by atoms with Crippen LogP contribution in [0, 0.1) is 0 Å². The summed E-state index contributed by atoms with van der Waals surface area (Å²) < 4.78 is 5.63. The van der Waals surface area contributed by atoms with Gasteiger partial charge in [0, 0.05) is 11.6 Å². The van der Waals surface area contributed by atoms with Crippen molar-refractivity contribution in [3.63, 3.8) is 0 Å². The highest BCUT2D eigenvalue weighted by molar-refractivity contribution is 5.32. The van der Waals surface area contributed by atoms with Crippen LogP contribution in [0.15, 0.2) is 24.3 Å². The number of rotatable bonds is 7. The Labute approximate surface area is 129 Å². The van der Waals surface area contributed by atoms with E-state index >= 15 is 0 Å². The van der Waals surface area contributed by atoms with E-state index in [-0.39, 0.29) is 11.6 Å². The molecule has 21 heavy (non-hydrogen) atoms. The minimum Gasteiger partial charge on any atom is -0.494 e. The zero-order valence-electron chi connectivity index (χ0n) is 13.8. The van der Waals surface area contributed by atoms with Crippen molar-refractivity contribution in [3.8, 4) is 5.75 Å². The van der Waals surface area contributed by atoms with Crippen LogP contribution in [0.3, 0.4) is 0 Å². The third kappa shape index (κ3) is 3.24. The molecule has 0 spiro atoms. The number of hydrogen-bond acceptors (Lipinski definition) is 3. The number of nitrogens with zero attached hydrogens (tertiary/aromatic N) is 1. The quantitative estimate of drug-likeness (QED) is 0.831. The van der Waals surface area contributed by atoms with Gasteiger partial charge in [0.25, 0.3) is 0 Å². The molecular formula is C18H30N2O. The Balaban J connectivity index is 2.29. The van der Waals surface area contributed by atoms with Crippen LogP contribution >= 0.6 is 0 Å². The van der Waals surface area contributed by atoms with Gasteiger partial charge in [-0.15, -0.1) is 0 Å². The first-order chi connectivity index (χ1) is 10.2. The first kappa shape index (κ1) is 16.3. The molecule has 2 rings (SSSR count). The highest BCUT2D eigenvalue weighted by Crippen LogP contribution is 2.38. The molecule has 0 aromatic heterocycles. The second-order valence-corrected chi connectivity index (χ2v) is 5.99. The van der Waals surface area contributed by atoms with Gasteiger partial charge in [0.1, 0.15) is 5.75 Å². The Morgan fingerprint density at radius 3 is 2.43 bits per heavy atom. The van der Waals surface area contributed by atoms with Gasteiger partial charge in [-0.3, -0.25) is 4.90 Å². The minimum atomic E-state index is 0.0333. The number of nitrogens with two attached hydrogens (primary N) is 1. The number of likely N-dealkylation sites (tertiary alicyclic amines) is 1. The van der Waals surface area contributed by atoms with Crippen molar-refractivity contribution in [2.75, 3.05) is 19.7 Å². The normalized spacial score (nSPS) is 17.9. The van der Waals surface area contributed by atoms with Gasteiger partial charge in [-0.1, -0.05) is 26.0 Å². The molecule has 2 N–H and O–H groups in total. The lowest BCUT2D eigenvalue weighted by Crippen LogP contribution is -2.53. The minimum absolute atomic E-state index is 0.0333. The van der Waals surface area contributed by atoms with E-state index in [1.54, 1.807) is 0 Å². The van der Waals surface area contributed by atoms with Crippen molar-refractivity contribution in [2.45, 2.75) is 58.0 Å². The summed E-state index contributed by atoms with van der Waals surface area (Å²) in [6.45, 7) is 9.61. The molecule has 0 saturated carbocycles. The smallest absolute Gasteiger partial charge is 0.119 e. The van der Waals surface area contributed by atoms with Gasteiger partial charge in [0.15, 0.2) is 0 Å². The molecule has 3 nitrogen and oxygen atoms in total. The average Bonchev–Trinajstić information content (AvgIpc) is 3.04. The van der Waals surface area contributed by atoms with Crippen LogP contribution in [0.2, 0.25) is 0 Å². The largest absolute Gasteiger partial charge is 0.494 e. The molecule has 1 aliphatic heterocycles. The topological polar surface area (TPSA) is 38.5 Å². The van der Waals surface area contributed by atoms with Gasteiger partial charge in [-0.2, -0.15) is 0 Å². The van der Waals surface area contributed by atoms with E-state index in [4.69, 9.17) is 10.5 Å². The molecule has 1 unspecified atom stereocenters. The van der Waals surface area contributed by atoms with Gasteiger partial charge in [0.05, 0.1) is 6.61 Å². The second kappa shape index (κ2) is 7.28. The molecule has 1 aromatic rings. The molecule has 1 aliphatic rings. The monoisotopic (exact) mass is 290 g/mol. The molecule has 0 amide bonds. The lowest BCUT2D eigenvalue weighted by molar-refractivity contribution is 0.0766. The van der Waals surface area contributed by atoms with Crippen molar-refractivity contribution in [2.24, 2.45) is 5.73 Å². The van der Waals surface area contributed by atoms with E-state index in [2.05, 4.69) is 36.9 Å². The van der Waals surface area contributed by atoms with Gasteiger partial charge >= 0.3 is 0 Å². The first-order valence-corrected chi connectivity index (χ1v) is 8.41.